The second-order valence-corrected chi connectivity index (χ2v) is 3.66. The van der Waals surface area contributed by atoms with E-state index in [9.17, 15) is 4.79 Å². The molecule has 1 aliphatic rings. The number of aldehydes is 1. The first-order chi connectivity index (χ1) is 5.42. The van der Waals surface area contributed by atoms with Gasteiger partial charge in [-0.2, -0.15) is 0 Å². The normalized spacial score (nSPS) is 14.5. The summed E-state index contributed by atoms with van der Waals surface area (Å²) in [4.78, 5) is 11.7. The lowest BCUT2D eigenvalue weighted by Crippen LogP contribution is -1.85. The molecule has 0 bridgehead atoms. The van der Waals surface area contributed by atoms with Gasteiger partial charge in [0.25, 0.3) is 0 Å². The fourth-order valence-corrected chi connectivity index (χ4v) is 2.50. The van der Waals surface area contributed by atoms with E-state index < -0.39 is 0 Å². The summed E-state index contributed by atoms with van der Waals surface area (Å²) in [7, 11) is 0. The van der Waals surface area contributed by atoms with E-state index in [1.54, 1.807) is 11.8 Å². The maximum atomic E-state index is 10.6. The second-order valence-electron chi connectivity index (χ2n) is 2.55. The van der Waals surface area contributed by atoms with E-state index in [4.69, 9.17) is 0 Å². The van der Waals surface area contributed by atoms with Crippen LogP contribution in [0.15, 0.2) is 23.1 Å². The lowest BCUT2D eigenvalue weighted by atomic mass is 10.1. The third kappa shape index (κ3) is 1.07. The van der Waals surface area contributed by atoms with Gasteiger partial charge in [0.2, 0.25) is 0 Å². The molecule has 0 atom stereocenters. The molecule has 1 aromatic rings. The van der Waals surface area contributed by atoms with Crippen molar-refractivity contribution in [2.75, 3.05) is 5.75 Å². The highest BCUT2D eigenvalue weighted by Crippen LogP contribution is 2.33. The van der Waals surface area contributed by atoms with Crippen LogP contribution in [0.3, 0.4) is 0 Å². The van der Waals surface area contributed by atoms with Crippen LogP contribution >= 0.6 is 11.8 Å². The molecule has 56 valence electrons. The van der Waals surface area contributed by atoms with E-state index in [1.807, 2.05) is 12.1 Å². The van der Waals surface area contributed by atoms with Gasteiger partial charge in [-0.3, -0.25) is 4.79 Å². The van der Waals surface area contributed by atoms with Crippen LogP contribution in [-0.4, -0.2) is 12.0 Å². The van der Waals surface area contributed by atoms with Gasteiger partial charge >= 0.3 is 0 Å². The Bertz CT molecular complexity index is 294. The number of thioether (sulfide) groups is 1. The first-order valence-electron chi connectivity index (χ1n) is 3.61. The Morgan fingerprint density at radius 1 is 1.45 bits per heavy atom. The Morgan fingerprint density at radius 2 is 2.36 bits per heavy atom. The van der Waals surface area contributed by atoms with E-state index >= 15 is 0 Å². The van der Waals surface area contributed by atoms with Crippen LogP contribution in [0.2, 0.25) is 0 Å². The van der Waals surface area contributed by atoms with E-state index in [0.29, 0.717) is 0 Å². The average Bonchev–Trinajstić information content (AvgIpc) is 2.50. The molecule has 11 heavy (non-hydrogen) atoms. The summed E-state index contributed by atoms with van der Waals surface area (Å²) in [6.07, 6.45) is 2.05. The van der Waals surface area contributed by atoms with E-state index in [2.05, 4.69) is 6.07 Å². The number of benzene rings is 1. The molecule has 0 fully saturated rings. The Hall–Kier alpha value is -0.760. The molecule has 0 saturated heterocycles. The molecular weight excluding hydrogens is 156 g/mol. The first kappa shape index (κ1) is 6.92. The fourth-order valence-electron chi connectivity index (χ4n) is 1.33. The van der Waals surface area contributed by atoms with Gasteiger partial charge in [-0.1, -0.05) is 18.2 Å². The van der Waals surface area contributed by atoms with E-state index in [1.165, 1.54) is 10.5 Å². The molecule has 0 unspecified atom stereocenters. The Kier molecular flexibility index (Phi) is 1.70. The number of carbonyl (C=O) groups is 1. The molecular formula is C9H8OS. The first-order valence-corrected chi connectivity index (χ1v) is 4.60. The topological polar surface area (TPSA) is 17.1 Å². The van der Waals surface area contributed by atoms with Crippen molar-refractivity contribution in [3.05, 3.63) is 29.3 Å². The number of rotatable bonds is 1. The zero-order valence-electron chi connectivity index (χ0n) is 6.04. The SMILES string of the molecule is O=Cc1cccc2c1SCC2. The third-order valence-electron chi connectivity index (χ3n) is 1.87. The molecule has 0 aliphatic carbocycles. The lowest BCUT2D eigenvalue weighted by Gasteiger charge is -1.98. The van der Waals surface area contributed by atoms with Gasteiger partial charge in [0.1, 0.15) is 0 Å². The van der Waals surface area contributed by atoms with Gasteiger partial charge in [0.05, 0.1) is 0 Å². The molecule has 0 saturated carbocycles. The maximum Gasteiger partial charge on any atom is 0.151 e. The van der Waals surface area contributed by atoms with Crippen LogP contribution < -0.4 is 0 Å². The highest BCUT2D eigenvalue weighted by atomic mass is 32.2. The number of hydrogen-bond donors (Lipinski definition) is 0. The van der Waals surface area contributed by atoms with Crippen molar-refractivity contribution in [1.29, 1.82) is 0 Å². The minimum Gasteiger partial charge on any atom is -0.298 e. The van der Waals surface area contributed by atoms with Crippen molar-refractivity contribution in [3.8, 4) is 0 Å². The predicted octanol–water partition coefficient (Wildman–Crippen LogP) is 2.15. The van der Waals surface area contributed by atoms with Crippen LogP contribution in [0.1, 0.15) is 15.9 Å². The van der Waals surface area contributed by atoms with Gasteiger partial charge in [-0.15, -0.1) is 11.8 Å². The monoisotopic (exact) mass is 164 g/mol. The Morgan fingerprint density at radius 3 is 3.18 bits per heavy atom. The van der Waals surface area contributed by atoms with Crippen LogP contribution in [0.5, 0.6) is 0 Å². The van der Waals surface area contributed by atoms with Gasteiger partial charge in [0.15, 0.2) is 6.29 Å². The molecule has 1 aromatic carbocycles. The molecule has 0 amide bonds. The van der Waals surface area contributed by atoms with Crippen molar-refractivity contribution in [1.82, 2.24) is 0 Å². The minimum absolute atomic E-state index is 0.852. The number of aryl methyl sites for hydroxylation is 1. The van der Waals surface area contributed by atoms with Crippen LogP contribution in [0.4, 0.5) is 0 Å². The lowest BCUT2D eigenvalue weighted by molar-refractivity contribution is 0.112. The summed E-state index contributed by atoms with van der Waals surface area (Å²) in [5.41, 5.74) is 2.18. The summed E-state index contributed by atoms with van der Waals surface area (Å²) < 4.78 is 0. The smallest absolute Gasteiger partial charge is 0.151 e. The highest BCUT2D eigenvalue weighted by Gasteiger charge is 2.13. The van der Waals surface area contributed by atoms with Crippen molar-refractivity contribution >= 4 is 18.0 Å². The van der Waals surface area contributed by atoms with Crippen molar-refractivity contribution < 1.29 is 4.79 Å². The van der Waals surface area contributed by atoms with Crippen molar-refractivity contribution in [2.45, 2.75) is 11.3 Å². The standard InChI is InChI=1S/C9H8OS/c10-6-8-3-1-2-7-4-5-11-9(7)8/h1-3,6H,4-5H2. The molecule has 1 heterocycles. The van der Waals surface area contributed by atoms with Gasteiger partial charge in [0, 0.05) is 16.2 Å². The molecule has 0 aromatic heterocycles. The Balaban J connectivity index is 2.58. The quantitative estimate of drug-likeness (QED) is 0.591. The highest BCUT2D eigenvalue weighted by molar-refractivity contribution is 7.99. The van der Waals surface area contributed by atoms with Crippen molar-refractivity contribution in [3.63, 3.8) is 0 Å². The molecule has 0 N–H and O–H groups in total. The van der Waals surface area contributed by atoms with Crippen molar-refractivity contribution in [2.24, 2.45) is 0 Å². The summed E-state index contributed by atoms with van der Waals surface area (Å²) in [5, 5.41) is 0. The van der Waals surface area contributed by atoms with Gasteiger partial charge in [-0.05, 0) is 12.0 Å². The molecule has 2 rings (SSSR count). The predicted molar refractivity (Wildman–Crippen MR) is 46.3 cm³/mol. The molecule has 0 spiro atoms. The molecule has 1 nitrogen and oxygen atoms in total. The summed E-state index contributed by atoms with van der Waals surface area (Å²) in [6.45, 7) is 0. The van der Waals surface area contributed by atoms with Gasteiger partial charge < -0.3 is 0 Å². The number of hydrogen-bond acceptors (Lipinski definition) is 2. The largest absolute Gasteiger partial charge is 0.298 e. The number of carbonyl (C=O) groups excluding carboxylic acids is 1. The zero-order chi connectivity index (χ0) is 7.68. The van der Waals surface area contributed by atoms with E-state index in [0.717, 1.165) is 24.0 Å². The third-order valence-corrected chi connectivity index (χ3v) is 3.07. The van der Waals surface area contributed by atoms with Gasteiger partial charge in [-0.25, -0.2) is 0 Å². The molecule has 0 radical (unpaired) electrons. The number of fused-ring (bicyclic) bond motifs is 1. The zero-order valence-corrected chi connectivity index (χ0v) is 6.86. The van der Waals surface area contributed by atoms with Crippen LogP contribution in [0.25, 0.3) is 0 Å². The molecule has 1 aliphatic heterocycles. The maximum absolute atomic E-state index is 10.6. The molecule has 2 heteroatoms. The second kappa shape index (κ2) is 2.70. The average molecular weight is 164 g/mol. The fraction of sp³-hybridized carbons (Fsp3) is 0.222. The summed E-state index contributed by atoms with van der Waals surface area (Å²) >= 11 is 1.79. The van der Waals surface area contributed by atoms with E-state index in [-0.39, 0.29) is 0 Å². The summed E-state index contributed by atoms with van der Waals surface area (Å²) in [6, 6.07) is 5.93. The minimum atomic E-state index is 0.852. The van der Waals surface area contributed by atoms with Crippen LogP contribution in [0, 0.1) is 0 Å². The van der Waals surface area contributed by atoms with Crippen LogP contribution in [-0.2, 0) is 6.42 Å². The Labute approximate surface area is 69.8 Å². The summed E-state index contributed by atoms with van der Waals surface area (Å²) in [5.74, 6) is 1.13.